The van der Waals surface area contributed by atoms with Gasteiger partial charge in [-0.2, -0.15) is 0 Å². The number of nitrogens with two attached hydrogens (primary N) is 1. The molecule has 7 heteroatoms. The van der Waals surface area contributed by atoms with Gasteiger partial charge < -0.3 is 25.3 Å². The maximum Gasteiger partial charge on any atom is 0.151 e. The predicted molar refractivity (Wildman–Crippen MR) is 107 cm³/mol. The van der Waals surface area contributed by atoms with E-state index in [-0.39, 0.29) is 17.4 Å². The fourth-order valence-electron chi connectivity index (χ4n) is 3.10. The van der Waals surface area contributed by atoms with E-state index >= 15 is 0 Å². The van der Waals surface area contributed by atoms with Gasteiger partial charge in [-0.15, -0.1) is 0 Å². The zero-order valence-electron chi connectivity index (χ0n) is 15.6. The molecule has 7 nitrogen and oxygen atoms in total. The lowest BCUT2D eigenvalue weighted by molar-refractivity contribution is 0.122. The molecule has 0 aromatic heterocycles. The lowest BCUT2D eigenvalue weighted by Gasteiger charge is -2.28. The number of rotatable bonds is 4. The number of hydrogen-bond donors (Lipinski definition) is 4. The molecule has 1 aliphatic heterocycles. The van der Waals surface area contributed by atoms with Crippen LogP contribution in [0, 0.1) is 0 Å². The molecule has 0 atom stereocenters. The molecule has 1 fully saturated rings. The van der Waals surface area contributed by atoms with Crippen molar-refractivity contribution in [2.24, 2.45) is 10.8 Å². The first kappa shape index (κ1) is 19.0. The van der Waals surface area contributed by atoms with Gasteiger partial charge in [-0.05, 0) is 41.8 Å². The first-order valence-electron chi connectivity index (χ1n) is 9.04. The molecule has 1 heterocycles. The van der Waals surface area contributed by atoms with Crippen LogP contribution in [0.1, 0.15) is 30.9 Å². The maximum atomic E-state index is 10.2. The highest BCUT2D eigenvalue weighted by molar-refractivity contribution is 6.02. The Morgan fingerprint density at radius 2 is 1.78 bits per heavy atom. The third-order valence-electron chi connectivity index (χ3n) is 4.63. The van der Waals surface area contributed by atoms with Crippen molar-refractivity contribution in [2.75, 3.05) is 31.2 Å². The van der Waals surface area contributed by atoms with E-state index in [2.05, 4.69) is 15.3 Å². The Hall–Kier alpha value is -2.77. The van der Waals surface area contributed by atoms with Crippen LogP contribution in [-0.2, 0) is 4.74 Å². The van der Waals surface area contributed by atoms with Crippen molar-refractivity contribution in [2.45, 2.75) is 19.8 Å². The molecule has 0 spiro atoms. The van der Waals surface area contributed by atoms with Gasteiger partial charge in [0.15, 0.2) is 5.84 Å². The Balaban J connectivity index is 1.89. The van der Waals surface area contributed by atoms with Gasteiger partial charge in [-0.1, -0.05) is 13.8 Å². The van der Waals surface area contributed by atoms with Crippen LogP contribution in [0.3, 0.4) is 0 Å². The molecule has 144 valence electrons. The predicted octanol–water partition coefficient (Wildman–Crippen LogP) is 2.60. The van der Waals surface area contributed by atoms with Gasteiger partial charge in [-0.3, -0.25) is 0 Å². The molecule has 1 aliphatic rings. The molecular weight excluding hydrogens is 344 g/mol. The van der Waals surface area contributed by atoms with Crippen molar-refractivity contribution in [3.8, 4) is 11.5 Å². The maximum absolute atomic E-state index is 10.2. The lowest BCUT2D eigenvalue weighted by atomic mass is 9.98. The van der Waals surface area contributed by atoms with E-state index in [1.165, 1.54) is 6.07 Å². The first-order valence-corrected chi connectivity index (χ1v) is 9.04. The van der Waals surface area contributed by atoms with Gasteiger partial charge in [0.1, 0.15) is 11.5 Å². The molecule has 0 bridgehead atoms. The van der Waals surface area contributed by atoms with E-state index in [1.807, 2.05) is 38.1 Å². The van der Waals surface area contributed by atoms with Crippen LogP contribution in [-0.4, -0.2) is 42.4 Å². The minimum atomic E-state index is -0.0847. The highest BCUT2D eigenvalue weighted by Gasteiger charge is 2.16. The third-order valence-corrected chi connectivity index (χ3v) is 4.63. The van der Waals surface area contributed by atoms with Crippen LogP contribution < -0.4 is 16.2 Å². The molecule has 0 radical (unpaired) electrons. The van der Waals surface area contributed by atoms with E-state index in [1.54, 1.807) is 6.07 Å². The summed E-state index contributed by atoms with van der Waals surface area (Å²) in [6.45, 7) is 7.15. The number of nitrogens with one attached hydrogen (secondary N) is 1. The lowest BCUT2D eigenvalue weighted by Crippen LogP contribution is -2.36. The van der Waals surface area contributed by atoms with Gasteiger partial charge in [0.2, 0.25) is 0 Å². The quantitative estimate of drug-likeness (QED) is 0.285. The van der Waals surface area contributed by atoms with E-state index < -0.39 is 0 Å². The number of nitrogens with zero attached hydrogens (tertiary/aromatic N) is 2. The zero-order valence-corrected chi connectivity index (χ0v) is 15.6. The summed E-state index contributed by atoms with van der Waals surface area (Å²) in [5, 5.41) is 20.3. The normalized spacial score (nSPS) is 15.3. The zero-order chi connectivity index (χ0) is 19.4. The minimum Gasteiger partial charge on any atom is -0.508 e. The van der Waals surface area contributed by atoms with Crippen molar-refractivity contribution >= 4 is 17.2 Å². The van der Waals surface area contributed by atoms with Crippen LogP contribution in [0.25, 0.3) is 0 Å². The third kappa shape index (κ3) is 4.32. The van der Waals surface area contributed by atoms with Crippen molar-refractivity contribution in [3.63, 3.8) is 0 Å². The van der Waals surface area contributed by atoms with Crippen LogP contribution in [0.5, 0.6) is 11.5 Å². The monoisotopic (exact) mass is 370 g/mol. The summed E-state index contributed by atoms with van der Waals surface area (Å²) >= 11 is 0. The summed E-state index contributed by atoms with van der Waals surface area (Å²) in [5.74, 6) is 6.05. The Morgan fingerprint density at radius 3 is 2.37 bits per heavy atom. The SMILES string of the molecule is CC(C)c1cc(C(=Nc2ccc(N3CCOCC3)cc2)NN)c(O)cc1O. The molecule has 3 rings (SSSR count). The highest BCUT2D eigenvalue weighted by atomic mass is 16.5. The van der Waals surface area contributed by atoms with Crippen molar-refractivity contribution in [3.05, 3.63) is 47.5 Å². The minimum absolute atomic E-state index is 0.0532. The molecular formula is C20H26N4O3. The van der Waals surface area contributed by atoms with E-state index in [0.29, 0.717) is 22.6 Å². The van der Waals surface area contributed by atoms with Gasteiger partial charge in [-0.25, -0.2) is 10.8 Å². The average Bonchev–Trinajstić information content (AvgIpc) is 2.67. The fourth-order valence-corrected chi connectivity index (χ4v) is 3.10. The van der Waals surface area contributed by atoms with Crippen LogP contribution >= 0.6 is 0 Å². The van der Waals surface area contributed by atoms with Gasteiger partial charge in [0.25, 0.3) is 0 Å². The summed E-state index contributed by atoms with van der Waals surface area (Å²) in [6, 6.07) is 10.9. The number of aromatic hydroxyl groups is 2. The number of hydrazine groups is 1. The largest absolute Gasteiger partial charge is 0.508 e. The number of aliphatic imine (C=N–C) groups is 1. The second-order valence-electron chi connectivity index (χ2n) is 6.80. The number of phenols is 2. The molecule has 27 heavy (non-hydrogen) atoms. The summed E-state index contributed by atoms with van der Waals surface area (Å²) in [6.07, 6.45) is 0. The summed E-state index contributed by atoms with van der Waals surface area (Å²) in [4.78, 5) is 6.78. The van der Waals surface area contributed by atoms with Crippen molar-refractivity contribution in [1.82, 2.24) is 5.43 Å². The average molecular weight is 370 g/mol. The second-order valence-corrected chi connectivity index (χ2v) is 6.80. The number of benzene rings is 2. The Labute approximate surface area is 159 Å². The molecule has 0 amide bonds. The van der Waals surface area contributed by atoms with E-state index in [9.17, 15) is 10.2 Å². The number of anilines is 1. The second kappa shape index (κ2) is 8.28. The molecule has 2 aromatic rings. The molecule has 0 unspecified atom stereocenters. The van der Waals surface area contributed by atoms with Gasteiger partial charge in [0, 0.05) is 24.8 Å². The van der Waals surface area contributed by atoms with Crippen molar-refractivity contribution in [1.29, 1.82) is 0 Å². The van der Waals surface area contributed by atoms with Crippen LogP contribution in [0.2, 0.25) is 0 Å². The summed E-state index contributed by atoms with van der Waals surface area (Å²) in [5.41, 5.74) is 5.54. The van der Waals surface area contributed by atoms with Crippen molar-refractivity contribution < 1.29 is 14.9 Å². The highest BCUT2D eigenvalue weighted by Crippen LogP contribution is 2.32. The van der Waals surface area contributed by atoms with Crippen LogP contribution in [0.4, 0.5) is 11.4 Å². The Bertz CT molecular complexity index is 813. The number of phenolic OH excluding ortho intramolecular Hbond substituents is 2. The Kier molecular flexibility index (Phi) is 5.83. The fraction of sp³-hybridized carbons (Fsp3) is 0.350. The topological polar surface area (TPSA) is 103 Å². The number of amidine groups is 1. The molecule has 1 saturated heterocycles. The van der Waals surface area contributed by atoms with Gasteiger partial charge >= 0.3 is 0 Å². The molecule has 5 N–H and O–H groups in total. The molecule has 0 aliphatic carbocycles. The smallest absolute Gasteiger partial charge is 0.151 e. The van der Waals surface area contributed by atoms with E-state index in [0.717, 1.165) is 32.0 Å². The number of ether oxygens (including phenoxy) is 1. The Morgan fingerprint density at radius 1 is 1.11 bits per heavy atom. The summed E-state index contributed by atoms with van der Waals surface area (Å²) in [7, 11) is 0. The van der Waals surface area contributed by atoms with Crippen LogP contribution in [0.15, 0.2) is 41.4 Å². The van der Waals surface area contributed by atoms with Gasteiger partial charge in [0.05, 0.1) is 24.5 Å². The standard InChI is InChI=1S/C20H26N4O3/c1-13(2)16-11-17(19(26)12-18(16)25)20(23-21)22-14-3-5-15(6-4-14)24-7-9-27-10-8-24/h3-6,11-13,25-26H,7-10,21H2,1-2H3,(H,22,23). The number of hydrogen-bond acceptors (Lipinski definition) is 6. The molecule has 2 aromatic carbocycles. The number of morpholine rings is 1. The molecule has 0 saturated carbocycles. The summed E-state index contributed by atoms with van der Waals surface area (Å²) < 4.78 is 5.38. The first-order chi connectivity index (χ1) is 13.0. The van der Waals surface area contributed by atoms with E-state index in [4.69, 9.17) is 10.6 Å².